The van der Waals surface area contributed by atoms with Crippen LogP contribution in [0.4, 0.5) is 5.69 Å². The number of aromatic nitrogens is 3. The zero-order chi connectivity index (χ0) is 13.4. The first-order chi connectivity index (χ1) is 8.49. The minimum atomic E-state index is -0.369. The lowest BCUT2D eigenvalue weighted by Gasteiger charge is -2.13. The molecular weight excluding hydrogens is 232 g/mol. The fourth-order valence-corrected chi connectivity index (χ4v) is 2.03. The fraction of sp³-hybridized carbons (Fsp3) is 0.417. The van der Waals surface area contributed by atoms with Crippen molar-refractivity contribution in [3.63, 3.8) is 0 Å². The molecule has 0 saturated carbocycles. The van der Waals surface area contributed by atoms with Gasteiger partial charge in [0.1, 0.15) is 5.39 Å². The van der Waals surface area contributed by atoms with Gasteiger partial charge in [0.15, 0.2) is 5.65 Å². The zero-order valence-corrected chi connectivity index (χ0v) is 10.9. The van der Waals surface area contributed by atoms with Gasteiger partial charge < -0.3 is 5.32 Å². The van der Waals surface area contributed by atoms with E-state index in [4.69, 9.17) is 0 Å². The maximum absolute atomic E-state index is 12.2. The van der Waals surface area contributed by atoms with Crippen LogP contribution in [-0.4, -0.2) is 20.7 Å². The summed E-state index contributed by atoms with van der Waals surface area (Å²) in [5.74, 6) is 0. The highest BCUT2D eigenvalue weighted by Gasteiger charge is 2.14. The minimum absolute atomic E-state index is 0.319. The first-order valence-electron chi connectivity index (χ1n) is 5.78. The lowest BCUT2D eigenvalue weighted by molar-refractivity contribution is 0.707. The summed E-state index contributed by atoms with van der Waals surface area (Å²) in [6.07, 6.45) is 1.67. The van der Waals surface area contributed by atoms with Crippen molar-refractivity contribution in [1.82, 2.24) is 14.1 Å². The molecule has 2 rings (SSSR count). The van der Waals surface area contributed by atoms with Crippen molar-refractivity contribution in [1.29, 1.82) is 0 Å². The number of rotatable bonds is 2. The van der Waals surface area contributed by atoms with Crippen LogP contribution in [0.1, 0.15) is 12.5 Å². The molecule has 2 aromatic heterocycles. The maximum Gasteiger partial charge on any atom is 0.332 e. The van der Waals surface area contributed by atoms with E-state index in [9.17, 15) is 9.59 Å². The summed E-state index contributed by atoms with van der Waals surface area (Å²) < 4.78 is 2.49. The summed E-state index contributed by atoms with van der Waals surface area (Å²) in [4.78, 5) is 28.2. The number of nitrogens with one attached hydrogen (secondary N) is 1. The standard InChI is InChI=1S/C12H16N4O2/c1-5-13-9-7(2)6-14-10-8(9)11(17)16(4)12(18)15(10)3/h6H,5H2,1-4H3,(H,13,14). The molecule has 0 unspecified atom stereocenters. The molecule has 18 heavy (non-hydrogen) atoms. The van der Waals surface area contributed by atoms with E-state index in [-0.39, 0.29) is 11.2 Å². The fourth-order valence-electron chi connectivity index (χ4n) is 2.03. The number of hydrogen-bond acceptors (Lipinski definition) is 4. The second-order valence-electron chi connectivity index (χ2n) is 4.25. The smallest absolute Gasteiger partial charge is 0.332 e. The van der Waals surface area contributed by atoms with Gasteiger partial charge >= 0.3 is 5.69 Å². The minimum Gasteiger partial charge on any atom is -0.384 e. The van der Waals surface area contributed by atoms with Crippen LogP contribution in [-0.2, 0) is 14.1 Å². The van der Waals surface area contributed by atoms with Gasteiger partial charge in [-0.1, -0.05) is 0 Å². The van der Waals surface area contributed by atoms with Crippen LogP contribution in [0.2, 0.25) is 0 Å². The highest BCUT2D eigenvalue weighted by atomic mass is 16.2. The van der Waals surface area contributed by atoms with Crippen molar-refractivity contribution in [2.24, 2.45) is 14.1 Å². The molecule has 0 saturated heterocycles. The molecule has 6 heteroatoms. The monoisotopic (exact) mass is 248 g/mol. The number of nitrogens with zero attached hydrogens (tertiary/aromatic N) is 3. The van der Waals surface area contributed by atoms with E-state index in [2.05, 4.69) is 10.3 Å². The van der Waals surface area contributed by atoms with Gasteiger partial charge in [-0.05, 0) is 19.4 Å². The van der Waals surface area contributed by atoms with Gasteiger partial charge in [-0.25, -0.2) is 9.78 Å². The normalized spacial score (nSPS) is 10.9. The second-order valence-corrected chi connectivity index (χ2v) is 4.25. The summed E-state index contributed by atoms with van der Waals surface area (Å²) in [6.45, 7) is 4.54. The van der Waals surface area contributed by atoms with Crippen LogP contribution in [0, 0.1) is 6.92 Å². The number of fused-ring (bicyclic) bond motifs is 1. The lowest BCUT2D eigenvalue weighted by Crippen LogP contribution is -2.37. The summed E-state index contributed by atoms with van der Waals surface area (Å²) in [7, 11) is 3.09. The Kier molecular flexibility index (Phi) is 2.94. The molecule has 6 nitrogen and oxygen atoms in total. The van der Waals surface area contributed by atoms with Crippen LogP contribution < -0.4 is 16.6 Å². The van der Waals surface area contributed by atoms with Crippen LogP contribution in [0.25, 0.3) is 11.0 Å². The van der Waals surface area contributed by atoms with Crippen molar-refractivity contribution >= 4 is 16.7 Å². The molecule has 0 fully saturated rings. The quantitative estimate of drug-likeness (QED) is 0.833. The van der Waals surface area contributed by atoms with Gasteiger partial charge in [-0.3, -0.25) is 13.9 Å². The summed E-state index contributed by atoms with van der Waals surface area (Å²) >= 11 is 0. The van der Waals surface area contributed by atoms with E-state index in [1.54, 1.807) is 13.2 Å². The predicted molar refractivity (Wildman–Crippen MR) is 71.1 cm³/mol. The highest BCUT2D eigenvalue weighted by Crippen LogP contribution is 2.20. The molecular formula is C12H16N4O2. The second kappa shape index (κ2) is 4.29. The van der Waals surface area contributed by atoms with Crippen LogP contribution >= 0.6 is 0 Å². The van der Waals surface area contributed by atoms with E-state index >= 15 is 0 Å². The molecule has 0 aromatic carbocycles. The Morgan fingerprint density at radius 3 is 2.56 bits per heavy atom. The van der Waals surface area contributed by atoms with Crippen LogP contribution in [0.5, 0.6) is 0 Å². The van der Waals surface area contributed by atoms with Crippen molar-refractivity contribution < 1.29 is 0 Å². The van der Waals surface area contributed by atoms with Crippen molar-refractivity contribution in [3.8, 4) is 0 Å². The van der Waals surface area contributed by atoms with Gasteiger partial charge in [-0.2, -0.15) is 0 Å². The molecule has 2 aromatic rings. The Balaban J connectivity index is 3.07. The van der Waals surface area contributed by atoms with Gasteiger partial charge in [0, 0.05) is 26.8 Å². The van der Waals surface area contributed by atoms with Gasteiger partial charge in [-0.15, -0.1) is 0 Å². The molecule has 0 aliphatic carbocycles. The molecule has 0 aliphatic rings. The molecule has 96 valence electrons. The van der Waals surface area contributed by atoms with Crippen molar-refractivity contribution in [2.75, 3.05) is 11.9 Å². The van der Waals surface area contributed by atoms with E-state index in [0.29, 0.717) is 17.6 Å². The van der Waals surface area contributed by atoms with E-state index in [1.807, 2.05) is 13.8 Å². The van der Waals surface area contributed by atoms with Gasteiger partial charge in [0.25, 0.3) is 5.56 Å². The molecule has 0 radical (unpaired) electrons. The largest absolute Gasteiger partial charge is 0.384 e. The van der Waals surface area contributed by atoms with Crippen LogP contribution in [0.15, 0.2) is 15.8 Å². The van der Waals surface area contributed by atoms with E-state index in [0.717, 1.165) is 15.8 Å². The summed E-state index contributed by atoms with van der Waals surface area (Å²) in [6, 6.07) is 0. The molecule has 0 amide bonds. The first kappa shape index (κ1) is 12.3. The maximum atomic E-state index is 12.2. The molecule has 0 atom stereocenters. The van der Waals surface area contributed by atoms with Gasteiger partial charge in [0.2, 0.25) is 0 Å². The highest BCUT2D eigenvalue weighted by molar-refractivity contribution is 5.89. The lowest BCUT2D eigenvalue weighted by atomic mass is 10.2. The molecule has 0 bridgehead atoms. The van der Waals surface area contributed by atoms with Gasteiger partial charge in [0.05, 0.1) is 5.69 Å². The van der Waals surface area contributed by atoms with E-state index in [1.165, 1.54) is 11.6 Å². The van der Waals surface area contributed by atoms with E-state index < -0.39 is 0 Å². The average Bonchev–Trinajstić information content (AvgIpc) is 2.36. The Morgan fingerprint density at radius 1 is 1.28 bits per heavy atom. The Morgan fingerprint density at radius 2 is 1.94 bits per heavy atom. The molecule has 0 aliphatic heterocycles. The summed E-state index contributed by atoms with van der Waals surface area (Å²) in [5, 5.41) is 3.62. The first-order valence-corrected chi connectivity index (χ1v) is 5.78. The number of aryl methyl sites for hydroxylation is 2. The topological polar surface area (TPSA) is 68.9 Å². The van der Waals surface area contributed by atoms with Crippen molar-refractivity contribution in [3.05, 3.63) is 32.6 Å². The predicted octanol–water partition coefficient (Wildman–Crippen LogP) is 0.372. The Bertz CT molecular complexity index is 727. The number of hydrogen-bond donors (Lipinski definition) is 1. The average molecular weight is 248 g/mol. The van der Waals surface area contributed by atoms with Crippen molar-refractivity contribution in [2.45, 2.75) is 13.8 Å². The number of anilines is 1. The third-order valence-electron chi connectivity index (χ3n) is 3.01. The molecule has 0 spiro atoms. The molecule has 1 N–H and O–H groups in total. The Labute approximate surface area is 104 Å². The zero-order valence-electron chi connectivity index (χ0n) is 10.9. The van der Waals surface area contributed by atoms with Crippen LogP contribution in [0.3, 0.4) is 0 Å². The Hall–Kier alpha value is -2.11. The molecule has 2 heterocycles. The SMILES string of the molecule is CCNc1c(C)cnc2c1c(=O)n(C)c(=O)n2C. The summed E-state index contributed by atoms with van der Waals surface area (Å²) in [5.41, 5.74) is 1.36. The number of pyridine rings is 1. The third-order valence-corrected chi connectivity index (χ3v) is 3.01. The third kappa shape index (κ3) is 1.61.